The van der Waals surface area contributed by atoms with Gasteiger partial charge in [0.2, 0.25) is 0 Å². The summed E-state index contributed by atoms with van der Waals surface area (Å²) in [5, 5.41) is 3.47. The summed E-state index contributed by atoms with van der Waals surface area (Å²) in [7, 11) is 0. The molecule has 2 heterocycles. The highest BCUT2D eigenvalue weighted by Gasteiger charge is 2.37. The predicted octanol–water partition coefficient (Wildman–Crippen LogP) is 6.48. The summed E-state index contributed by atoms with van der Waals surface area (Å²) in [5.41, 5.74) is 4.60. The van der Waals surface area contributed by atoms with Crippen LogP contribution >= 0.6 is 11.8 Å². The fraction of sp³-hybridized carbons (Fsp3) is 0.407. The molecule has 1 N–H and O–H groups in total. The molecule has 0 saturated carbocycles. The summed E-state index contributed by atoms with van der Waals surface area (Å²) in [6, 6.07) is 14.5. The second kappa shape index (κ2) is 9.26. The number of carbonyl (C=O) groups excluding carboxylic acids is 1. The summed E-state index contributed by atoms with van der Waals surface area (Å²) in [6.45, 7) is 14.0. The van der Waals surface area contributed by atoms with Crippen LogP contribution in [0, 0.1) is 0 Å². The molecule has 6 heteroatoms. The summed E-state index contributed by atoms with van der Waals surface area (Å²) in [4.78, 5) is 20.3. The number of hydrogen-bond donors (Lipinski definition) is 1. The van der Waals surface area contributed by atoms with Crippen LogP contribution in [-0.4, -0.2) is 29.3 Å². The summed E-state index contributed by atoms with van der Waals surface area (Å²) >= 11 is 1.38. The summed E-state index contributed by atoms with van der Waals surface area (Å²) < 4.78 is 5.47. The first kappa shape index (κ1) is 23.4. The van der Waals surface area contributed by atoms with Gasteiger partial charge in [0.25, 0.3) is 5.91 Å². The minimum atomic E-state index is -0.111. The summed E-state index contributed by atoms with van der Waals surface area (Å²) in [6.07, 6.45) is 3.07. The van der Waals surface area contributed by atoms with Gasteiger partial charge in [-0.2, -0.15) is 0 Å². The Hall–Kier alpha value is -2.73. The molecule has 0 aliphatic carbocycles. The van der Waals surface area contributed by atoms with Gasteiger partial charge in [-0.25, -0.2) is 4.99 Å². The quantitative estimate of drug-likeness (QED) is 0.516. The molecule has 1 unspecified atom stereocenters. The lowest BCUT2D eigenvalue weighted by Gasteiger charge is -2.50. The van der Waals surface area contributed by atoms with Crippen LogP contribution in [-0.2, 0) is 4.79 Å². The van der Waals surface area contributed by atoms with Crippen molar-refractivity contribution in [2.75, 3.05) is 11.5 Å². The van der Waals surface area contributed by atoms with Crippen LogP contribution < -0.4 is 15.0 Å². The van der Waals surface area contributed by atoms with Crippen molar-refractivity contribution < 1.29 is 9.53 Å². The zero-order valence-electron chi connectivity index (χ0n) is 20.3. The van der Waals surface area contributed by atoms with Gasteiger partial charge in [-0.15, -0.1) is 0 Å². The summed E-state index contributed by atoms with van der Waals surface area (Å²) in [5.74, 6) is 1.16. The lowest BCUT2D eigenvalue weighted by atomic mass is 9.79. The Labute approximate surface area is 201 Å². The van der Waals surface area contributed by atoms with Crippen molar-refractivity contribution in [3.8, 4) is 5.75 Å². The number of fused-ring (bicyclic) bond motifs is 1. The van der Waals surface area contributed by atoms with Gasteiger partial charge < -0.3 is 15.0 Å². The second-order valence-corrected chi connectivity index (χ2v) is 10.6. The lowest BCUT2D eigenvalue weighted by molar-refractivity contribution is -0.115. The van der Waals surface area contributed by atoms with E-state index in [0.29, 0.717) is 28.6 Å². The highest BCUT2D eigenvalue weighted by atomic mass is 32.2. The molecule has 1 saturated heterocycles. The molecule has 2 aromatic carbocycles. The van der Waals surface area contributed by atoms with Gasteiger partial charge in [-0.1, -0.05) is 13.0 Å². The van der Waals surface area contributed by atoms with Gasteiger partial charge >= 0.3 is 0 Å². The molecule has 174 valence electrons. The third kappa shape index (κ3) is 4.96. The van der Waals surface area contributed by atoms with Crippen molar-refractivity contribution in [3.63, 3.8) is 0 Å². The number of amides is 1. The van der Waals surface area contributed by atoms with E-state index in [4.69, 9.17) is 4.74 Å². The monoisotopic (exact) mass is 463 g/mol. The molecule has 0 radical (unpaired) electrons. The van der Waals surface area contributed by atoms with Crippen LogP contribution in [0.25, 0.3) is 6.08 Å². The number of ether oxygens (including phenoxy) is 1. The normalized spacial score (nSPS) is 22.1. The van der Waals surface area contributed by atoms with Crippen LogP contribution in [0.2, 0.25) is 0 Å². The first-order valence-corrected chi connectivity index (χ1v) is 12.5. The Morgan fingerprint density at radius 3 is 2.64 bits per heavy atom. The van der Waals surface area contributed by atoms with Gasteiger partial charge in [0.15, 0.2) is 5.17 Å². The van der Waals surface area contributed by atoms with Gasteiger partial charge in [-0.05, 0) is 112 Å². The van der Waals surface area contributed by atoms with Crippen molar-refractivity contribution in [1.29, 1.82) is 0 Å². The van der Waals surface area contributed by atoms with Crippen LogP contribution in [0.4, 0.5) is 11.4 Å². The number of rotatable bonds is 5. The molecule has 1 fully saturated rings. The van der Waals surface area contributed by atoms with E-state index in [2.05, 4.69) is 68.0 Å². The number of anilines is 1. The molecular weight excluding hydrogens is 430 g/mol. The molecule has 1 amide bonds. The highest BCUT2D eigenvalue weighted by molar-refractivity contribution is 8.18. The Morgan fingerprint density at radius 2 is 1.97 bits per heavy atom. The highest BCUT2D eigenvalue weighted by Crippen LogP contribution is 2.45. The number of amidine groups is 1. The Balaban J connectivity index is 1.57. The van der Waals surface area contributed by atoms with Crippen molar-refractivity contribution in [3.05, 3.63) is 58.5 Å². The second-order valence-electron chi connectivity index (χ2n) is 9.61. The van der Waals surface area contributed by atoms with E-state index in [-0.39, 0.29) is 11.4 Å². The predicted molar refractivity (Wildman–Crippen MR) is 140 cm³/mol. The van der Waals surface area contributed by atoms with Gasteiger partial charge in [0, 0.05) is 17.3 Å². The fourth-order valence-corrected chi connectivity index (χ4v) is 5.91. The largest absolute Gasteiger partial charge is 0.494 e. The van der Waals surface area contributed by atoms with E-state index in [0.717, 1.165) is 23.4 Å². The average Bonchev–Trinajstić information content (AvgIpc) is 3.08. The zero-order valence-corrected chi connectivity index (χ0v) is 21.1. The molecular formula is C27H33N3O2S. The van der Waals surface area contributed by atoms with Crippen molar-refractivity contribution in [2.45, 2.75) is 65.5 Å². The van der Waals surface area contributed by atoms with Gasteiger partial charge in [0.1, 0.15) is 5.75 Å². The maximum Gasteiger partial charge on any atom is 0.264 e. The van der Waals surface area contributed by atoms with E-state index in [1.165, 1.54) is 23.0 Å². The van der Waals surface area contributed by atoms with E-state index in [9.17, 15) is 4.79 Å². The number of carbonyl (C=O) groups is 1. The maximum atomic E-state index is 12.6. The Kier molecular flexibility index (Phi) is 6.57. The molecule has 2 aromatic rings. The first-order chi connectivity index (χ1) is 15.7. The minimum Gasteiger partial charge on any atom is -0.494 e. The zero-order chi connectivity index (χ0) is 23.8. The lowest BCUT2D eigenvalue weighted by Crippen LogP contribution is -2.51. The number of nitrogens with zero attached hydrogens (tertiary/aromatic N) is 2. The third-order valence-electron chi connectivity index (χ3n) is 6.14. The molecule has 2 aliphatic heterocycles. The van der Waals surface area contributed by atoms with Crippen LogP contribution in [0.1, 0.15) is 65.0 Å². The van der Waals surface area contributed by atoms with Crippen LogP contribution in [0.15, 0.2) is 52.4 Å². The number of thioether (sulfide) groups is 1. The van der Waals surface area contributed by atoms with E-state index >= 15 is 0 Å². The van der Waals surface area contributed by atoms with E-state index in [1.807, 2.05) is 37.3 Å². The molecule has 4 rings (SSSR count). The van der Waals surface area contributed by atoms with Crippen LogP contribution in [0.3, 0.4) is 0 Å². The molecule has 5 nitrogen and oxygen atoms in total. The smallest absolute Gasteiger partial charge is 0.264 e. The number of benzene rings is 2. The van der Waals surface area contributed by atoms with E-state index < -0.39 is 0 Å². The third-order valence-corrected chi connectivity index (χ3v) is 7.05. The maximum absolute atomic E-state index is 12.6. The SMILES string of the molecule is CCOc1ccc(N=C2NC(=O)/C(=C/c3ccc4c(c3)C(C)CC(C)(C)N4C(C)C)S2)cc1. The Morgan fingerprint density at radius 1 is 1.24 bits per heavy atom. The Bertz CT molecular complexity index is 1100. The minimum absolute atomic E-state index is 0.111. The molecule has 0 bridgehead atoms. The number of aliphatic imine (C=N–C) groups is 1. The fourth-order valence-electron chi connectivity index (χ4n) is 5.07. The van der Waals surface area contributed by atoms with Gasteiger partial charge in [-0.3, -0.25) is 4.79 Å². The van der Waals surface area contributed by atoms with Crippen molar-refractivity contribution in [1.82, 2.24) is 5.32 Å². The number of nitrogens with one attached hydrogen (secondary N) is 1. The topological polar surface area (TPSA) is 53.9 Å². The van der Waals surface area contributed by atoms with E-state index in [1.54, 1.807) is 0 Å². The van der Waals surface area contributed by atoms with Crippen molar-refractivity contribution in [2.24, 2.45) is 4.99 Å². The molecule has 0 spiro atoms. The average molecular weight is 464 g/mol. The van der Waals surface area contributed by atoms with Crippen molar-refractivity contribution >= 4 is 40.3 Å². The number of hydrogen-bond acceptors (Lipinski definition) is 5. The molecule has 0 aromatic heterocycles. The molecule has 2 aliphatic rings. The van der Waals surface area contributed by atoms with Gasteiger partial charge in [0.05, 0.1) is 17.2 Å². The molecule has 1 atom stereocenters. The first-order valence-electron chi connectivity index (χ1n) is 11.6. The molecule has 33 heavy (non-hydrogen) atoms. The van der Waals surface area contributed by atoms with Crippen LogP contribution in [0.5, 0.6) is 5.75 Å². The standard InChI is InChI=1S/C27H33N3O2S/c1-7-32-21-11-9-20(10-12-21)28-26-29-25(31)24(33-26)15-19-8-13-23-22(14-19)18(4)16-27(5,6)30(23)17(2)3/h8-15,17-18H,7,16H2,1-6H3,(H,28,29,31)/b24-15-.